The molecule has 1 heterocycles. The van der Waals surface area contributed by atoms with Gasteiger partial charge in [-0.1, -0.05) is 0 Å². The van der Waals surface area contributed by atoms with Gasteiger partial charge in [0.2, 0.25) is 0 Å². The summed E-state index contributed by atoms with van der Waals surface area (Å²) in [5.41, 5.74) is 6.76. The minimum atomic E-state index is -0.106. The zero-order valence-corrected chi connectivity index (χ0v) is 11.0. The first-order valence-corrected chi connectivity index (χ1v) is 5.63. The van der Waals surface area contributed by atoms with Gasteiger partial charge >= 0.3 is 0 Å². The van der Waals surface area contributed by atoms with E-state index in [1.165, 1.54) is 21.1 Å². The molecule has 2 N–H and O–H groups in total. The number of nitrogen functional groups attached to an aromatic ring is 1. The van der Waals surface area contributed by atoms with Crippen LogP contribution >= 0.6 is 0 Å². The van der Waals surface area contributed by atoms with Crippen LogP contribution in [0, 0.1) is 0 Å². The average molecular weight is 261 g/mol. The standard InChI is InChI=1S/C13H15N3O3/c1-8(17)10-4-9(16-6-12(14)15-7-16)5-11(18-2)13(10)19-3/h4-7H,14H2,1-3H3. The molecule has 6 heteroatoms. The number of carbonyl (C=O) groups excluding carboxylic acids is 1. The summed E-state index contributed by atoms with van der Waals surface area (Å²) in [7, 11) is 3.02. The van der Waals surface area contributed by atoms with Crippen LogP contribution in [0.1, 0.15) is 17.3 Å². The van der Waals surface area contributed by atoms with Crippen LogP contribution in [-0.4, -0.2) is 29.6 Å². The van der Waals surface area contributed by atoms with E-state index in [-0.39, 0.29) is 5.78 Å². The second-order valence-electron chi connectivity index (χ2n) is 3.99. The van der Waals surface area contributed by atoms with Crippen molar-refractivity contribution in [3.63, 3.8) is 0 Å². The van der Waals surface area contributed by atoms with Crippen LogP contribution in [0.2, 0.25) is 0 Å². The number of ether oxygens (including phenoxy) is 2. The van der Waals surface area contributed by atoms with Crippen molar-refractivity contribution in [1.29, 1.82) is 0 Å². The lowest BCUT2D eigenvalue weighted by molar-refractivity contribution is 0.101. The van der Waals surface area contributed by atoms with Crippen molar-refractivity contribution in [3.05, 3.63) is 30.2 Å². The number of hydrogen-bond acceptors (Lipinski definition) is 5. The summed E-state index contributed by atoms with van der Waals surface area (Å²) in [6, 6.07) is 3.47. The van der Waals surface area contributed by atoms with Crippen molar-refractivity contribution in [2.24, 2.45) is 0 Å². The van der Waals surface area contributed by atoms with E-state index in [2.05, 4.69) is 4.98 Å². The lowest BCUT2D eigenvalue weighted by Crippen LogP contribution is -2.03. The smallest absolute Gasteiger partial charge is 0.171 e. The predicted octanol–water partition coefficient (Wildman–Crippen LogP) is 1.67. The molecule has 0 saturated carbocycles. The third-order valence-corrected chi connectivity index (χ3v) is 2.74. The molecule has 0 amide bonds. The van der Waals surface area contributed by atoms with Gasteiger partial charge in [-0.3, -0.25) is 4.79 Å². The van der Waals surface area contributed by atoms with E-state index in [1.54, 1.807) is 29.2 Å². The molecule has 0 unspecified atom stereocenters. The van der Waals surface area contributed by atoms with Gasteiger partial charge in [0.15, 0.2) is 17.3 Å². The van der Waals surface area contributed by atoms with E-state index in [0.29, 0.717) is 22.9 Å². The highest BCUT2D eigenvalue weighted by Crippen LogP contribution is 2.34. The molecule has 100 valence electrons. The third kappa shape index (κ3) is 2.37. The number of hydrogen-bond donors (Lipinski definition) is 1. The summed E-state index contributed by atoms with van der Waals surface area (Å²) in [4.78, 5) is 15.6. The molecule has 0 radical (unpaired) electrons. The number of methoxy groups -OCH3 is 2. The third-order valence-electron chi connectivity index (χ3n) is 2.74. The topological polar surface area (TPSA) is 79.4 Å². The molecule has 0 spiro atoms. The Labute approximate surface area is 110 Å². The average Bonchev–Trinajstić information content (AvgIpc) is 2.83. The van der Waals surface area contributed by atoms with E-state index < -0.39 is 0 Å². The number of ketones is 1. The number of Topliss-reactive ketones (excluding diaryl/α,β-unsaturated/α-hetero) is 1. The fourth-order valence-corrected chi connectivity index (χ4v) is 1.84. The molecule has 0 aliphatic carbocycles. The summed E-state index contributed by atoms with van der Waals surface area (Å²) in [5.74, 6) is 1.20. The minimum absolute atomic E-state index is 0.106. The fraction of sp³-hybridized carbons (Fsp3) is 0.231. The highest BCUT2D eigenvalue weighted by atomic mass is 16.5. The molecular weight excluding hydrogens is 246 g/mol. The van der Waals surface area contributed by atoms with E-state index in [1.807, 2.05) is 0 Å². The van der Waals surface area contributed by atoms with Crippen molar-refractivity contribution in [2.75, 3.05) is 20.0 Å². The van der Waals surface area contributed by atoms with Crippen LogP contribution < -0.4 is 15.2 Å². The first kappa shape index (κ1) is 12.9. The number of nitrogens with two attached hydrogens (primary N) is 1. The zero-order valence-electron chi connectivity index (χ0n) is 11.0. The lowest BCUT2D eigenvalue weighted by atomic mass is 10.1. The van der Waals surface area contributed by atoms with Crippen molar-refractivity contribution < 1.29 is 14.3 Å². The number of carbonyl (C=O) groups is 1. The summed E-state index contributed by atoms with van der Waals surface area (Å²) >= 11 is 0. The number of anilines is 1. The molecule has 19 heavy (non-hydrogen) atoms. The fourth-order valence-electron chi connectivity index (χ4n) is 1.84. The van der Waals surface area contributed by atoms with Crippen molar-refractivity contribution in [3.8, 4) is 17.2 Å². The molecule has 0 aliphatic rings. The molecule has 0 bridgehead atoms. The SMILES string of the molecule is COc1cc(-n2cnc(N)c2)cc(C(C)=O)c1OC. The van der Waals surface area contributed by atoms with Crippen molar-refractivity contribution >= 4 is 11.6 Å². The highest BCUT2D eigenvalue weighted by molar-refractivity contribution is 5.98. The Kier molecular flexibility index (Phi) is 3.41. The van der Waals surface area contributed by atoms with Gasteiger partial charge in [-0.05, 0) is 13.0 Å². The summed E-state index contributed by atoms with van der Waals surface area (Å²) < 4.78 is 12.2. The molecule has 0 aliphatic heterocycles. The molecule has 0 saturated heterocycles. The molecule has 2 aromatic rings. The molecule has 2 rings (SSSR count). The van der Waals surface area contributed by atoms with Gasteiger partial charge in [-0.15, -0.1) is 0 Å². The largest absolute Gasteiger partial charge is 0.493 e. The van der Waals surface area contributed by atoms with E-state index >= 15 is 0 Å². The van der Waals surface area contributed by atoms with Crippen LogP contribution in [0.25, 0.3) is 5.69 Å². The highest BCUT2D eigenvalue weighted by Gasteiger charge is 2.16. The van der Waals surface area contributed by atoms with E-state index in [4.69, 9.17) is 15.2 Å². The Morgan fingerprint density at radius 1 is 1.32 bits per heavy atom. The molecular formula is C13H15N3O3. The quantitative estimate of drug-likeness (QED) is 0.847. The maximum atomic E-state index is 11.7. The van der Waals surface area contributed by atoms with Crippen molar-refractivity contribution in [1.82, 2.24) is 9.55 Å². The van der Waals surface area contributed by atoms with E-state index in [0.717, 1.165) is 5.69 Å². The van der Waals surface area contributed by atoms with Crippen LogP contribution in [0.5, 0.6) is 11.5 Å². The Morgan fingerprint density at radius 3 is 2.53 bits per heavy atom. The number of benzene rings is 1. The molecule has 1 aromatic carbocycles. The summed E-state index contributed by atoms with van der Waals surface area (Å²) in [6.45, 7) is 1.48. The van der Waals surface area contributed by atoms with Crippen molar-refractivity contribution in [2.45, 2.75) is 6.92 Å². The molecule has 6 nitrogen and oxygen atoms in total. The van der Waals surface area contributed by atoms with E-state index in [9.17, 15) is 4.79 Å². The van der Waals surface area contributed by atoms with Crippen LogP contribution in [-0.2, 0) is 0 Å². The second kappa shape index (κ2) is 5.01. The summed E-state index contributed by atoms with van der Waals surface area (Å²) in [5, 5.41) is 0. The van der Waals surface area contributed by atoms with Crippen LogP contribution in [0.15, 0.2) is 24.7 Å². The first-order valence-electron chi connectivity index (χ1n) is 5.63. The minimum Gasteiger partial charge on any atom is -0.493 e. The maximum absolute atomic E-state index is 11.7. The van der Waals surface area contributed by atoms with Gasteiger partial charge in [0, 0.05) is 6.07 Å². The van der Waals surface area contributed by atoms with Gasteiger partial charge < -0.3 is 19.8 Å². The van der Waals surface area contributed by atoms with Gasteiger partial charge in [0.1, 0.15) is 12.1 Å². The Hall–Kier alpha value is -2.50. The van der Waals surface area contributed by atoms with Crippen LogP contribution in [0.3, 0.4) is 0 Å². The number of nitrogens with zero attached hydrogens (tertiary/aromatic N) is 2. The zero-order chi connectivity index (χ0) is 14.0. The second-order valence-corrected chi connectivity index (χ2v) is 3.99. The Bertz CT molecular complexity index is 620. The number of imidazole rings is 1. The maximum Gasteiger partial charge on any atom is 0.171 e. The van der Waals surface area contributed by atoms with Crippen LogP contribution in [0.4, 0.5) is 5.82 Å². The monoisotopic (exact) mass is 261 g/mol. The lowest BCUT2D eigenvalue weighted by Gasteiger charge is -2.13. The molecule has 0 fully saturated rings. The Morgan fingerprint density at radius 2 is 2.05 bits per heavy atom. The molecule has 0 atom stereocenters. The molecule has 1 aromatic heterocycles. The van der Waals surface area contributed by atoms with Gasteiger partial charge in [-0.25, -0.2) is 4.98 Å². The number of aromatic nitrogens is 2. The van der Waals surface area contributed by atoms with Gasteiger partial charge in [-0.2, -0.15) is 0 Å². The summed E-state index contributed by atoms with van der Waals surface area (Å²) in [6.07, 6.45) is 3.23. The number of rotatable bonds is 4. The normalized spacial score (nSPS) is 10.3. The first-order chi connectivity index (χ1) is 9.06. The predicted molar refractivity (Wildman–Crippen MR) is 71.1 cm³/mol. The van der Waals surface area contributed by atoms with Gasteiger partial charge in [0.05, 0.1) is 31.7 Å². The van der Waals surface area contributed by atoms with Gasteiger partial charge in [0.25, 0.3) is 0 Å². The Balaban J connectivity index is 2.64.